The van der Waals surface area contributed by atoms with Gasteiger partial charge in [0.05, 0.1) is 12.1 Å². The smallest absolute Gasteiger partial charge is 0.291 e. The Balaban J connectivity index is 2.03. The van der Waals surface area contributed by atoms with E-state index in [1.807, 2.05) is 27.7 Å². The number of carbonyl (C=O) groups excluding carboxylic acids is 1. The number of ether oxygens (including phenoxy) is 1. The number of nitrogens with one attached hydrogen (secondary N) is 2. The van der Waals surface area contributed by atoms with Crippen molar-refractivity contribution in [1.29, 1.82) is 0 Å². The van der Waals surface area contributed by atoms with Gasteiger partial charge in [-0.3, -0.25) is 9.89 Å². The minimum atomic E-state index is -0.246. The minimum absolute atomic E-state index is 0.0501. The van der Waals surface area contributed by atoms with Crippen molar-refractivity contribution in [2.75, 3.05) is 6.61 Å². The number of rotatable bonds is 2. The number of aromatic nitrogens is 3. The molecule has 0 radical (unpaired) electrons. The fourth-order valence-corrected chi connectivity index (χ4v) is 1.85. The minimum Gasteiger partial charge on any atom is -0.376 e. The van der Waals surface area contributed by atoms with E-state index in [2.05, 4.69) is 20.5 Å². The van der Waals surface area contributed by atoms with Crippen molar-refractivity contribution < 1.29 is 9.53 Å². The van der Waals surface area contributed by atoms with E-state index in [1.54, 1.807) is 0 Å². The van der Waals surface area contributed by atoms with Gasteiger partial charge in [0.2, 0.25) is 5.82 Å². The summed E-state index contributed by atoms with van der Waals surface area (Å²) in [5.74, 6) is 0.659. The summed E-state index contributed by atoms with van der Waals surface area (Å²) in [7, 11) is 0. The average Bonchev–Trinajstić information content (AvgIpc) is 2.87. The quantitative estimate of drug-likeness (QED) is 0.823. The molecular formula is C12H20N4O2. The molecule has 1 amide bonds. The van der Waals surface area contributed by atoms with Crippen LogP contribution in [0.25, 0.3) is 0 Å². The lowest BCUT2D eigenvalue weighted by Gasteiger charge is -2.14. The molecule has 2 N–H and O–H groups in total. The third-order valence-corrected chi connectivity index (χ3v) is 3.09. The first-order valence-electron chi connectivity index (χ1n) is 6.23. The van der Waals surface area contributed by atoms with E-state index in [-0.39, 0.29) is 29.3 Å². The van der Waals surface area contributed by atoms with E-state index >= 15 is 0 Å². The van der Waals surface area contributed by atoms with Crippen LogP contribution in [0.15, 0.2) is 0 Å². The van der Waals surface area contributed by atoms with Crippen LogP contribution in [0.2, 0.25) is 0 Å². The molecule has 18 heavy (non-hydrogen) atoms. The lowest BCUT2D eigenvalue weighted by atomic mass is 9.96. The zero-order chi connectivity index (χ0) is 13.3. The molecule has 1 aliphatic rings. The normalized spacial score (nSPS) is 24.2. The van der Waals surface area contributed by atoms with Crippen molar-refractivity contribution >= 4 is 5.91 Å². The Morgan fingerprint density at radius 2 is 2.22 bits per heavy atom. The van der Waals surface area contributed by atoms with Crippen LogP contribution in [0, 0.1) is 0 Å². The summed E-state index contributed by atoms with van der Waals surface area (Å²) in [6.45, 7) is 8.69. The highest BCUT2D eigenvalue weighted by Crippen LogP contribution is 2.17. The summed E-state index contributed by atoms with van der Waals surface area (Å²) < 4.78 is 5.40. The molecule has 0 aromatic carbocycles. The standard InChI is InChI=1S/C12H20N4O2/c1-7-8(5-6-18-7)13-10(17)9-14-11(16-15-9)12(2,3)4/h7-8H,5-6H2,1-4H3,(H,13,17)(H,14,15,16). The number of aromatic amines is 1. The molecule has 2 rings (SSSR count). The van der Waals surface area contributed by atoms with Gasteiger partial charge in [-0.2, -0.15) is 0 Å². The lowest BCUT2D eigenvalue weighted by Crippen LogP contribution is -2.39. The third kappa shape index (κ3) is 2.69. The van der Waals surface area contributed by atoms with E-state index in [1.165, 1.54) is 0 Å². The number of hydrogen-bond donors (Lipinski definition) is 2. The van der Waals surface area contributed by atoms with E-state index in [4.69, 9.17) is 4.74 Å². The summed E-state index contributed by atoms with van der Waals surface area (Å²) in [5, 5.41) is 9.67. The van der Waals surface area contributed by atoms with Crippen LogP contribution in [-0.4, -0.2) is 39.8 Å². The van der Waals surface area contributed by atoms with Gasteiger partial charge in [0.1, 0.15) is 5.82 Å². The first-order chi connectivity index (χ1) is 8.38. The number of carbonyl (C=O) groups is 1. The molecular weight excluding hydrogens is 232 g/mol. The summed E-state index contributed by atoms with van der Waals surface area (Å²) in [4.78, 5) is 16.2. The number of H-pyrrole nitrogens is 1. The molecule has 1 aliphatic heterocycles. The molecule has 2 atom stereocenters. The SMILES string of the molecule is CC1OCCC1NC(=O)c1n[nH]c(C(C)(C)C)n1. The van der Waals surface area contributed by atoms with E-state index in [0.29, 0.717) is 12.4 Å². The molecule has 1 saturated heterocycles. The highest BCUT2D eigenvalue weighted by Gasteiger charge is 2.28. The first-order valence-corrected chi connectivity index (χ1v) is 6.23. The largest absolute Gasteiger partial charge is 0.376 e. The predicted octanol–water partition coefficient (Wildman–Crippen LogP) is 1.01. The van der Waals surface area contributed by atoms with Gasteiger partial charge in [-0.25, -0.2) is 4.98 Å². The second-order valence-corrected chi connectivity index (χ2v) is 5.70. The number of nitrogens with zero attached hydrogens (tertiary/aromatic N) is 2. The molecule has 2 heterocycles. The van der Waals surface area contributed by atoms with Gasteiger partial charge in [-0.15, -0.1) is 5.10 Å². The highest BCUT2D eigenvalue weighted by molar-refractivity contribution is 5.90. The van der Waals surface area contributed by atoms with Crippen LogP contribution in [0.4, 0.5) is 0 Å². The van der Waals surface area contributed by atoms with Gasteiger partial charge in [-0.1, -0.05) is 20.8 Å². The molecule has 100 valence electrons. The van der Waals surface area contributed by atoms with Crippen molar-refractivity contribution in [2.45, 2.75) is 51.7 Å². The maximum Gasteiger partial charge on any atom is 0.291 e. The van der Waals surface area contributed by atoms with E-state index in [9.17, 15) is 4.79 Å². The van der Waals surface area contributed by atoms with Crippen LogP contribution in [0.3, 0.4) is 0 Å². The Morgan fingerprint density at radius 3 is 2.72 bits per heavy atom. The van der Waals surface area contributed by atoms with Crippen molar-refractivity contribution in [3.8, 4) is 0 Å². The van der Waals surface area contributed by atoms with Crippen molar-refractivity contribution in [2.24, 2.45) is 0 Å². The van der Waals surface area contributed by atoms with E-state index in [0.717, 1.165) is 6.42 Å². The second-order valence-electron chi connectivity index (χ2n) is 5.70. The molecule has 6 nitrogen and oxygen atoms in total. The molecule has 0 saturated carbocycles. The predicted molar refractivity (Wildman–Crippen MR) is 66.4 cm³/mol. The molecule has 1 aromatic rings. The van der Waals surface area contributed by atoms with Crippen LogP contribution in [-0.2, 0) is 10.2 Å². The third-order valence-electron chi connectivity index (χ3n) is 3.09. The molecule has 1 fully saturated rings. The molecule has 1 aromatic heterocycles. The summed E-state index contributed by atoms with van der Waals surface area (Å²) in [5.41, 5.74) is -0.144. The topological polar surface area (TPSA) is 79.9 Å². The Hall–Kier alpha value is -1.43. The summed E-state index contributed by atoms with van der Waals surface area (Å²) in [6.07, 6.45) is 0.888. The van der Waals surface area contributed by atoms with Crippen LogP contribution in [0.1, 0.15) is 50.6 Å². The lowest BCUT2D eigenvalue weighted by molar-refractivity contribution is 0.0857. The molecule has 6 heteroatoms. The Morgan fingerprint density at radius 1 is 1.50 bits per heavy atom. The van der Waals surface area contributed by atoms with Crippen LogP contribution < -0.4 is 5.32 Å². The van der Waals surface area contributed by atoms with Gasteiger partial charge >= 0.3 is 0 Å². The zero-order valence-electron chi connectivity index (χ0n) is 11.3. The van der Waals surface area contributed by atoms with Gasteiger partial charge in [0, 0.05) is 12.0 Å². The maximum atomic E-state index is 12.0. The Labute approximate surface area is 107 Å². The molecule has 2 unspecified atom stereocenters. The fraction of sp³-hybridized carbons (Fsp3) is 0.750. The van der Waals surface area contributed by atoms with Crippen molar-refractivity contribution in [1.82, 2.24) is 20.5 Å². The Bertz CT molecular complexity index is 436. The van der Waals surface area contributed by atoms with Gasteiger partial charge in [0.15, 0.2) is 0 Å². The summed E-state index contributed by atoms with van der Waals surface area (Å²) in [6, 6.07) is 0.0501. The monoisotopic (exact) mass is 252 g/mol. The molecule has 0 aliphatic carbocycles. The molecule has 0 spiro atoms. The first kappa shape index (κ1) is 13.0. The maximum absolute atomic E-state index is 12.0. The highest BCUT2D eigenvalue weighted by atomic mass is 16.5. The Kier molecular flexibility index (Phi) is 3.38. The fourth-order valence-electron chi connectivity index (χ4n) is 1.85. The van der Waals surface area contributed by atoms with Gasteiger partial charge in [0.25, 0.3) is 5.91 Å². The van der Waals surface area contributed by atoms with Gasteiger partial charge in [-0.05, 0) is 13.3 Å². The van der Waals surface area contributed by atoms with E-state index < -0.39 is 0 Å². The van der Waals surface area contributed by atoms with Gasteiger partial charge < -0.3 is 10.1 Å². The van der Waals surface area contributed by atoms with Crippen LogP contribution >= 0.6 is 0 Å². The molecule has 0 bridgehead atoms. The summed E-state index contributed by atoms with van der Waals surface area (Å²) >= 11 is 0. The zero-order valence-corrected chi connectivity index (χ0v) is 11.3. The number of hydrogen-bond acceptors (Lipinski definition) is 4. The van der Waals surface area contributed by atoms with Crippen molar-refractivity contribution in [3.05, 3.63) is 11.6 Å². The second kappa shape index (κ2) is 4.68. The van der Waals surface area contributed by atoms with Crippen molar-refractivity contribution in [3.63, 3.8) is 0 Å². The number of amides is 1. The average molecular weight is 252 g/mol. The van der Waals surface area contributed by atoms with Crippen LogP contribution in [0.5, 0.6) is 0 Å².